The van der Waals surface area contributed by atoms with Crippen LogP contribution in [0.4, 0.5) is 17.6 Å². The van der Waals surface area contributed by atoms with E-state index >= 15 is 0 Å². The van der Waals surface area contributed by atoms with Crippen molar-refractivity contribution in [2.24, 2.45) is 0 Å². The van der Waals surface area contributed by atoms with Gasteiger partial charge in [-0.2, -0.15) is 4.98 Å². The number of imidazole rings is 1. The summed E-state index contributed by atoms with van der Waals surface area (Å²) in [6.45, 7) is 7.63. The molecule has 0 spiro atoms. The highest BCUT2D eigenvalue weighted by Gasteiger charge is 2.22. The molecular weight excluding hydrogens is 330 g/mol. The Morgan fingerprint density at radius 3 is 2.81 bits per heavy atom. The molecule has 136 valence electrons. The van der Waals surface area contributed by atoms with Crippen molar-refractivity contribution in [1.82, 2.24) is 24.5 Å². The molecule has 2 N–H and O–H groups in total. The molecule has 0 unspecified atom stereocenters. The van der Waals surface area contributed by atoms with E-state index in [9.17, 15) is 5.11 Å². The second kappa shape index (κ2) is 6.53. The van der Waals surface area contributed by atoms with Gasteiger partial charge in [0.1, 0.15) is 23.0 Å². The minimum Gasteiger partial charge on any atom is -0.391 e. The second-order valence-electron chi connectivity index (χ2n) is 6.94. The van der Waals surface area contributed by atoms with Gasteiger partial charge in [0.2, 0.25) is 5.95 Å². The molecule has 26 heavy (non-hydrogen) atoms. The van der Waals surface area contributed by atoms with Crippen molar-refractivity contribution in [3.8, 4) is 0 Å². The largest absolute Gasteiger partial charge is 0.391 e. The molecular formula is C18H23N7O. The van der Waals surface area contributed by atoms with Gasteiger partial charge in [-0.25, -0.2) is 15.0 Å². The topological polar surface area (TPSA) is 92.0 Å². The second-order valence-corrected chi connectivity index (χ2v) is 6.94. The summed E-state index contributed by atoms with van der Waals surface area (Å²) in [5, 5.41) is 13.0. The van der Waals surface area contributed by atoms with Crippen molar-refractivity contribution in [2.75, 3.05) is 23.3 Å². The third-order valence-corrected chi connectivity index (χ3v) is 4.61. The van der Waals surface area contributed by atoms with Crippen molar-refractivity contribution in [2.45, 2.75) is 39.3 Å². The minimum atomic E-state index is -0.307. The Bertz CT molecular complexity index is 936. The molecule has 1 fully saturated rings. The SMILES string of the molecule is Cc1nc2cnc(Nc3ccnc(N4CC[C@H](O)C4)n3)cc2n1C(C)C. The van der Waals surface area contributed by atoms with E-state index in [1.165, 1.54) is 0 Å². The summed E-state index contributed by atoms with van der Waals surface area (Å²) in [5.74, 6) is 2.99. The van der Waals surface area contributed by atoms with Crippen LogP contribution in [-0.2, 0) is 0 Å². The van der Waals surface area contributed by atoms with E-state index in [2.05, 4.69) is 43.7 Å². The molecule has 8 heteroatoms. The van der Waals surface area contributed by atoms with Gasteiger partial charge in [-0.1, -0.05) is 0 Å². The number of aliphatic hydroxyl groups is 1. The van der Waals surface area contributed by atoms with Crippen molar-refractivity contribution in [3.05, 3.63) is 30.4 Å². The van der Waals surface area contributed by atoms with Crippen LogP contribution in [0.25, 0.3) is 11.0 Å². The van der Waals surface area contributed by atoms with Crippen molar-refractivity contribution in [3.63, 3.8) is 0 Å². The number of nitrogens with zero attached hydrogens (tertiary/aromatic N) is 6. The van der Waals surface area contributed by atoms with Crippen molar-refractivity contribution < 1.29 is 5.11 Å². The van der Waals surface area contributed by atoms with E-state index in [0.717, 1.165) is 29.8 Å². The maximum absolute atomic E-state index is 9.71. The Kier molecular flexibility index (Phi) is 4.20. The van der Waals surface area contributed by atoms with Crippen LogP contribution in [0.3, 0.4) is 0 Å². The fraction of sp³-hybridized carbons (Fsp3) is 0.444. The zero-order valence-electron chi connectivity index (χ0n) is 15.2. The van der Waals surface area contributed by atoms with E-state index in [4.69, 9.17) is 0 Å². The summed E-state index contributed by atoms with van der Waals surface area (Å²) in [7, 11) is 0. The average Bonchev–Trinajstić information content (AvgIpc) is 3.17. The number of pyridine rings is 1. The highest BCUT2D eigenvalue weighted by Crippen LogP contribution is 2.24. The van der Waals surface area contributed by atoms with Crippen LogP contribution in [0.2, 0.25) is 0 Å². The van der Waals surface area contributed by atoms with Crippen LogP contribution in [-0.4, -0.2) is 48.8 Å². The van der Waals surface area contributed by atoms with E-state index in [1.54, 1.807) is 12.4 Å². The third kappa shape index (κ3) is 3.08. The Hall–Kier alpha value is -2.74. The lowest BCUT2D eigenvalue weighted by Gasteiger charge is -2.16. The fourth-order valence-electron chi connectivity index (χ4n) is 3.46. The highest BCUT2D eigenvalue weighted by atomic mass is 16.3. The summed E-state index contributed by atoms with van der Waals surface area (Å²) >= 11 is 0. The number of hydrogen-bond acceptors (Lipinski definition) is 7. The number of aryl methyl sites for hydroxylation is 1. The first-order valence-electron chi connectivity index (χ1n) is 8.89. The summed E-state index contributed by atoms with van der Waals surface area (Å²) in [6.07, 6.45) is 3.94. The third-order valence-electron chi connectivity index (χ3n) is 4.61. The lowest BCUT2D eigenvalue weighted by atomic mass is 10.3. The number of anilines is 3. The van der Waals surface area contributed by atoms with E-state index in [0.29, 0.717) is 30.2 Å². The Morgan fingerprint density at radius 1 is 1.23 bits per heavy atom. The fourth-order valence-corrected chi connectivity index (χ4v) is 3.46. The number of aliphatic hydroxyl groups excluding tert-OH is 1. The quantitative estimate of drug-likeness (QED) is 0.744. The van der Waals surface area contributed by atoms with Gasteiger partial charge in [0.25, 0.3) is 0 Å². The van der Waals surface area contributed by atoms with Gasteiger partial charge in [-0.15, -0.1) is 0 Å². The molecule has 0 bridgehead atoms. The Balaban J connectivity index is 1.62. The molecule has 4 heterocycles. The highest BCUT2D eigenvalue weighted by molar-refractivity contribution is 5.79. The number of β-amino-alcohol motifs (C(OH)–C–C–N with tert-alkyl or cyclic N) is 1. The van der Waals surface area contributed by atoms with Crippen LogP contribution in [0.5, 0.6) is 0 Å². The molecule has 0 amide bonds. The smallest absolute Gasteiger partial charge is 0.227 e. The zero-order valence-corrected chi connectivity index (χ0v) is 15.2. The Morgan fingerprint density at radius 2 is 2.08 bits per heavy atom. The standard InChI is InChI=1S/C18H23N7O/c1-11(2)25-12(3)21-14-9-20-17(8-15(14)25)22-16-4-6-19-18(23-16)24-7-5-13(26)10-24/h4,6,8-9,11,13,26H,5,7,10H2,1-3H3,(H,19,20,22,23)/t13-/m0/s1. The molecule has 1 aliphatic heterocycles. The first kappa shape index (κ1) is 16.7. The number of rotatable bonds is 4. The molecule has 3 aromatic heterocycles. The van der Waals surface area contributed by atoms with Crippen LogP contribution < -0.4 is 10.2 Å². The lowest BCUT2D eigenvalue weighted by Crippen LogP contribution is -2.23. The summed E-state index contributed by atoms with van der Waals surface area (Å²) in [4.78, 5) is 19.9. The van der Waals surface area contributed by atoms with Crippen LogP contribution in [0.1, 0.15) is 32.1 Å². The molecule has 0 saturated carbocycles. The average molecular weight is 353 g/mol. The van der Waals surface area contributed by atoms with Crippen LogP contribution >= 0.6 is 0 Å². The summed E-state index contributed by atoms with van der Waals surface area (Å²) < 4.78 is 2.19. The van der Waals surface area contributed by atoms with Gasteiger partial charge in [0.15, 0.2) is 0 Å². The van der Waals surface area contributed by atoms with Gasteiger partial charge in [0, 0.05) is 31.4 Å². The van der Waals surface area contributed by atoms with Gasteiger partial charge in [-0.05, 0) is 33.3 Å². The number of hydrogen-bond donors (Lipinski definition) is 2. The van der Waals surface area contributed by atoms with E-state index in [1.807, 2.05) is 24.0 Å². The minimum absolute atomic E-state index is 0.307. The van der Waals surface area contributed by atoms with Crippen molar-refractivity contribution in [1.29, 1.82) is 0 Å². The zero-order chi connectivity index (χ0) is 18.3. The van der Waals surface area contributed by atoms with Crippen molar-refractivity contribution >= 4 is 28.6 Å². The van der Waals surface area contributed by atoms with Gasteiger partial charge in [-0.3, -0.25) is 0 Å². The number of nitrogens with one attached hydrogen (secondary N) is 1. The molecule has 1 saturated heterocycles. The first-order chi connectivity index (χ1) is 12.5. The molecule has 1 aliphatic rings. The molecule has 8 nitrogen and oxygen atoms in total. The lowest BCUT2D eigenvalue weighted by molar-refractivity contribution is 0.198. The van der Waals surface area contributed by atoms with Gasteiger partial charge < -0.3 is 19.9 Å². The monoisotopic (exact) mass is 353 g/mol. The van der Waals surface area contributed by atoms with Crippen LogP contribution in [0.15, 0.2) is 24.5 Å². The molecule has 1 atom stereocenters. The van der Waals surface area contributed by atoms with Gasteiger partial charge >= 0.3 is 0 Å². The molecule has 0 aliphatic carbocycles. The maximum Gasteiger partial charge on any atom is 0.227 e. The summed E-state index contributed by atoms with van der Waals surface area (Å²) in [6, 6.07) is 4.13. The first-order valence-corrected chi connectivity index (χ1v) is 8.89. The van der Waals surface area contributed by atoms with E-state index in [-0.39, 0.29) is 6.10 Å². The summed E-state index contributed by atoms with van der Waals surface area (Å²) in [5.41, 5.74) is 1.93. The number of aromatic nitrogens is 5. The van der Waals surface area contributed by atoms with E-state index < -0.39 is 0 Å². The maximum atomic E-state index is 9.71. The molecule has 0 radical (unpaired) electrons. The molecule has 3 aromatic rings. The predicted octanol–water partition coefficient (Wildman–Crippen LogP) is 2.43. The Labute approximate surface area is 151 Å². The molecule has 4 rings (SSSR count). The normalized spacial score (nSPS) is 17.4. The van der Waals surface area contributed by atoms with Crippen LogP contribution in [0, 0.1) is 6.92 Å². The number of fused-ring (bicyclic) bond motifs is 1. The molecule has 0 aromatic carbocycles. The van der Waals surface area contributed by atoms with Gasteiger partial charge in [0.05, 0.1) is 17.8 Å². The predicted molar refractivity (Wildman–Crippen MR) is 101 cm³/mol.